The van der Waals surface area contributed by atoms with Gasteiger partial charge in [-0.1, -0.05) is 32.0 Å². The molecule has 0 aliphatic rings. The molecule has 96 valence electrons. The van der Waals surface area contributed by atoms with Crippen LogP contribution in [0.15, 0.2) is 29.2 Å². The van der Waals surface area contributed by atoms with Gasteiger partial charge in [0.25, 0.3) is 0 Å². The first-order chi connectivity index (χ1) is 7.88. The molecule has 1 atom stereocenters. The largest absolute Gasteiger partial charge is 0.327 e. The summed E-state index contributed by atoms with van der Waals surface area (Å²) in [6, 6.07) is 6.93. The molecule has 0 saturated carbocycles. The van der Waals surface area contributed by atoms with Crippen LogP contribution in [0.3, 0.4) is 0 Å². The van der Waals surface area contributed by atoms with Crippen molar-refractivity contribution >= 4 is 10.0 Å². The molecule has 1 aromatic carbocycles. The third-order valence-corrected chi connectivity index (χ3v) is 4.36. The normalized spacial score (nSPS) is 13.9. The lowest BCUT2D eigenvalue weighted by Crippen LogP contribution is -2.30. The van der Waals surface area contributed by atoms with Crippen LogP contribution in [0.4, 0.5) is 0 Å². The molecule has 1 unspecified atom stereocenters. The molecule has 1 aromatic rings. The number of benzene rings is 1. The molecule has 0 amide bonds. The Bertz CT molecular complexity index is 469. The topological polar surface area (TPSA) is 72.2 Å². The predicted molar refractivity (Wildman–Crippen MR) is 69.2 cm³/mol. The number of nitrogens with one attached hydrogen (secondary N) is 1. The van der Waals surface area contributed by atoms with E-state index in [0.717, 1.165) is 5.56 Å². The fraction of sp³-hybridized carbons (Fsp3) is 0.500. The SMILES string of the molecule is CNS(=O)(=O)c1ccccc1CC(N)C(C)C. The van der Waals surface area contributed by atoms with Crippen LogP contribution in [0, 0.1) is 5.92 Å². The van der Waals surface area contributed by atoms with Crippen LogP contribution in [0.2, 0.25) is 0 Å². The van der Waals surface area contributed by atoms with Gasteiger partial charge in [0.05, 0.1) is 4.90 Å². The van der Waals surface area contributed by atoms with Gasteiger partial charge in [0, 0.05) is 6.04 Å². The molecule has 0 radical (unpaired) electrons. The number of hydrogen-bond acceptors (Lipinski definition) is 3. The average Bonchev–Trinajstić information content (AvgIpc) is 2.29. The highest BCUT2D eigenvalue weighted by molar-refractivity contribution is 7.89. The van der Waals surface area contributed by atoms with E-state index in [1.165, 1.54) is 7.05 Å². The summed E-state index contributed by atoms with van der Waals surface area (Å²) < 4.78 is 26.0. The van der Waals surface area contributed by atoms with Crippen LogP contribution in [0.5, 0.6) is 0 Å². The molecular weight excluding hydrogens is 236 g/mol. The summed E-state index contributed by atoms with van der Waals surface area (Å²) in [4.78, 5) is 0.318. The van der Waals surface area contributed by atoms with E-state index >= 15 is 0 Å². The van der Waals surface area contributed by atoms with Gasteiger partial charge < -0.3 is 5.73 Å². The van der Waals surface area contributed by atoms with Crippen molar-refractivity contribution < 1.29 is 8.42 Å². The third-order valence-electron chi connectivity index (χ3n) is 2.84. The first kappa shape index (κ1) is 14.2. The van der Waals surface area contributed by atoms with E-state index in [0.29, 0.717) is 17.2 Å². The Balaban J connectivity index is 3.09. The zero-order valence-electron chi connectivity index (χ0n) is 10.5. The van der Waals surface area contributed by atoms with Gasteiger partial charge in [-0.15, -0.1) is 0 Å². The summed E-state index contributed by atoms with van der Waals surface area (Å²) in [5.74, 6) is 0.320. The van der Waals surface area contributed by atoms with Crippen LogP contribution in [0.25, 0.3) is 0 Å². The lowest BCUT2D eigenvalue weighted by molar-refractivity contribution is 0.487. The molecule has 0 aliphatic carbocycles. The molecule has 5 heteroatoms. The number of sulfonamides is 1. The molecule has 0 aliphatic heterocycles. The minimum atomic E-state index is -3.41. The molecular formula is C12H20N2O2S. The van der Waals surface area contributed by atoms with Crippen molar-refractivity contribution in [1.29, 1.82) is 0 Å². The Morgan fingerprint density at radius 1 is 1.29 bits per heavy atom. The van der Waals surface area contributed by atoms with E-state index < -0.39 is 10.0 Å². The Morgan fingerprint density at radius 3 is 2.41 bits per heavy atom. The van der Waals surface area contributed by atoms with Crippen molar-refractivity contribution in [2.24, 2.45) is 11.7 Å². The highest BCUT2D eigenvalue weighted by atomic mass is 32.2. The lowest BCUT2D eigenvalue weighted by Gasteiger charge is -2.17. The molecule has 17 heavy (non-hydrogen) atoms. The molecule has 4 nitrogen and oxygen atoms in total. The summed E-state index contributed by atoms with van der Waals surface area (Å²) in [5, 5.41) is 0. The lowest BCUT2D eigenvalue weighted by atomic mass is 9.97. The fourth-order valence-corrected chi connectivity index (χ4v) is 2.51. The quantitative estimate of drug-likeness (QED) is 0.829. The molecule has 0 heterocycles. The second kappa shape index (κ2) is 5.62. The first-order valence-electron chi connectivity index (χ1n) is 5.65. The van der Waals surface area contributed by atoms with Gasteiger partial charge >= 0.3 is 0 Å². The summed E-state index contributed by atoms with van der Waals surface area (Å²) in [7, 11) is -1.99. The van der Waals surface area contributed by atoms with Gasteiger partial charge in [0.15, 0.2) is 0 Å². The molecule has 0 bridgehead atoms. The Morgan fingerprint density at radius 2 is 1.88 bits per heavy atom. The van der Waals surface area contributed by atoms with Gasteiger partial charge in [-0.05, 0) is 31.0 Å². The van der Waals surface area contributed by atoms with Crippen molar-refractivity contribution in [2.45, 2.75) is 31.2 Å². The highest BCUT2D eigenvalue weighted by Crippen LogP contribution is 2.18. The standard InChI is InChI=1S/C12H20N2O2S/c1-9(2)11(13)8-10-6-4-5-7-12(10)17(15,16)14-3/h4-7,9,11,14H,8,13H2,1-3H3. The minimum Gasteiger partial charge on any atom is -0.327 e. The Hall–Kier alpha value is -0.910. The maximum Gasteiger partial charge on any atom is 0.240 e. The van der Waals surface area contributed by atoms with Gasteiger partial charge in [0.2, 0.25) is 10.0 Å². The van der Waals surface area contributed by atoms with E-state index in [2.05, 4.69) is 4.72 Å². The fourth-order valence-electron chi connectivity index (χ4n) is 1.53. The van der Waals surface area contributed by atoms with Crippen molar-refractivity contribution in [3.63, 3.8) is 0 Å². The number of hydrogen-bond donors (Lipinski definition) is 2. The van der Waals surface area contributed by atoms with Crippen LogP contribution < -0.4 is 10.5 Å². The van der Waals surface area contributed by atoms with E-state index in [4.69, 9.17) is 5.73 Å². The number of nitrogens with two attached hydrogens (primary N) is 1. The maximum absolute atomic E-state index is 11.8. The van der Waals surface area contributed by atoms with E-state index in [9.17, 15) is 8.42 Å². The minimum absolute atomic E-state index is 0.0387. The van der Waals surface area contributed by atoms with E-state index in [-0.39, 0.29) is 6.04 Å². The zero-order valence-corrected chi connectivity index (χ0v) is 11.3. The maximum atomic E-state index is 11.8. The zero-order chi connectivity index (χ0) is 13.1. The molecule has 0 aromatic heterocycles. The van der Waals surface area contributed by atoms with Crippen molar-refractivity contribution in [3.05, 3.63) is 29.8 Å². The second-order valence-electron chi connectivity index (χ2n) is 4.43. The molecule has 1 rings (SSSR count). The van der Waals surface area contributed by atoms with Crippen LogP contribution >= 0.6 is 0 Å². The van der Waals surface area contributed by atoms with Crippen LogP contribution in [-0.4, -0.2) is 21.5 Å². The summed E-state index contributed by atoms with van der Waals surface area (Å²) >= 11 is 0. The molecule has 0 fully saturated rings. The summed E-state index contributed by atoms with van der Waals surface area (Å²) in [6.07, 6.45) is 0.564. The molecule has 0 saturated heterocycles. The first-order valence-corrected chi connectivity index (χ1v) is 7.14. The van der Waals surface area contributed by atoms with Gasteiger partial charge in [-0.3, -0.25) is 0 Å². The average molecular weight is 256 g/mol. The smallest absolute Gasteiger partial charge is 0.240 e. The van der Waals surface area contributed by atoms with E-state index in [1.807, 2.05) is 26.0 Å². The summed E-state index contributed by atoms with van der Waals surface area (Å²) in [5.41, 5.74) is 6.75. The Labute approximate surface area is 103 Å². The van der Waals surface area contributed by atoms with Gasteiger partial charge in [-0.2, -0.15) is 0 Å². The Kier molecular flexibility index (Phi) is 4.68. The summed E-state index contributed by atoms with van der Waals surface area (Å²) in [6.45, 7) is 4.06. The van der Waals surface area contributed by atoms with Gasteiger partial charge in [0.1, 0.15) is 0 Å². The van der Waals surface area contributed by atoms with Gasteiger partial charge in [-0.25, -0.2) is 13.1 Å². The van der Waals surface area contributed by atoms with Crippen molar-refractivity contribution in [2.75, 3.05) is 7.05 Å². The van der Waals surface area contributed by atoms with Crippen molar-refractivity contribution in [1.82, 2.24) is 4.72 Å². The number of rotatable bonds is 5. The van der Waals surface area contributed by atoms with Crippen LogP contribution in [-0.2, 0) is 16.4 Å². The predicted octanol–water partition coefficient (Wildman–Crippen LogP) is 1.12. The second-order valence-corrected chi connectivity index (χ2v) is 6.28. The van der Waals surface area contributed by atoms with Crippen molar-refractivity contribution in [3.8, 4) is 0 Å². The monoisotopic (exact) mass is 256 g/mol. The van der Waals surface area contributed by atoms with Crippen LogP contribution in [0.1, 0.15) is 19.4 Å². The highest BCUT2D eigenvalue weighted by Gasteiger charge is 2.18. The third kappa shape index (κ3) is 3.52. The molecule has 3 N–H and O–H groups in total. The molecule has 0 spiro atoms. The van der Waals surface area contributed by atoms with E-state index in [1.54, 1.807) is 12.1 Å².